The van der Waals surface area contributed by atoms with E-state index in [0.29, 0.717) is 16.2 Å². The Morgan fingerprint density at radius 3 is 2.80 bits per heavy atom. The van der Waals surface area contributed by atoms with E-state index in [0.717, 1.165) is 6.07 Å². The van der Waals surface area contributed by atoms with E-state index in [4.69, 9.17) is 0 Å². The fourth-order valence-corrected chi connectivity index (χ4v) is 4.13. The third-order valence-corrected chi connectivity index (χ3v) is 4.88. The fraction of sp³-hybridized carbons (Fsp3) is 0.200. The maximum absolute atomic E-state index is 12.9. The molecule has 1 heterocycles. The zero-order chi connectivity index (χ0) is 11.1. The highest BCUT2D eigenvalue weighted by molar-refractivity contribution is 8.01. The fourth-order valence-electron chi connectivity index (χ4n) is 1.51. The van der Waals surface area contributed by atoms with Crippen molar-refractivity contribution in [1.82, 2.24) is 0 Å². The summed E-state index contributed by atoms with van der Waals surface area (Å²) in [6, 6.07) is 3.84. The quantitative estimate of drug-likeness (QED) is 0.800. The standard InChI is InChI=1S/C10H9FO2S2/c1-14-6-9-4-7-2-3-8(11)5-10(7)15(9,12)13/h2-5H,6H2,1H3. The molecular weight excluding hydrogens is 235 g/mol. The molecule has 5 heteroatoms. The molecule has 1 aliphatic rings. The van der Waals surface area contributed by atoms with Crippen molar-refractivity contribution in [3.05, 3.63) is 34.5 Å². The predicted molar refractivity (Wildman–Crippen MR) is 59.9 cm³/mol. The molecule has 0 unspecified atom stereocenters. The van der Waals surface area contributed by atoms with E-state index in [2.05, 4.69) is 0 Å². The molecular formula is C10H9FO2S2. The van der Waals surface area contributed by atoms with Crippen molar-refractivity contribution in [2.24, 2.45) is 0 Å². The highest BCUT2D eigenvalue weighted by atomic mass is 32.2. The van der Waals surface area contributed by atoms with Crippen LogP contribution in [0, 0.1) is 5.82 Å². The number of benzene rings is 1. The zero-order valence-corrected chi connectivity index (χ0v) is 9.66. The lowest BCUT2D eigenvalue weighted by Crippen LogP contribution is -2.02. The molecule has 0 saturated carbocycles. The van der Waals surface area contributed by atoms with Gasteiger partial charge in [-0.25, -0.2) is 12.8 Å². The van der Waals surface area contributed by atoms with E-state index >= 15 is 0 Å². The van der Waals surface area contributed by atoms with Crippen LogP contribution in [-0.4, -0.2) is 20.4 Å². The Bertz CT molecular complexity index is 532. The van der Waals surface area contributed by atoms with Crippen LogP contribution in [0.4, 0.5) is 4.39 Å². The van der Waals surface area contributed by atoms with E-state index in [9.17, 15) is 12.8 Å². The zero-order valence-electron chi connectivity index (χ0n) is 8.03. The molecule has 2 nitrogen and oxygen atoms in total. The van der Waals surface area contributed by atoms with Gasteiger partial charge in [-0.1, -0.05) is 6.07 Å². The van der Waals surface area contributed by atoms with Gasteiger partial charge in [-0.05, 0) is 30.0 Å². The largest absolute Gasteiger partial charge is 0.219 e. The van der Waals surface area contributed by atoms with Crippen molar-refractivity contribution < 1.29 is 12.8 Å². The third-order valence-electron chi connectivity index (χ3n) is 2.21. The highest BCUT2D eigenvalue weighted by Crippen LogP contribution is 2.34. The molecule has 0 amide bonds. The first-order valence-corrected chi connectivity index (χ1v) is 7.17. The van der Waals surface area contributed by atoms with Crippen LogP contribution in [0.15, 0.2) is 28.0 Å². The van der Waals surface area contributed by atoms with Crippen molar-refractivity contribution in [3.8, 4) is 0 Å². The van der Waals surface area contributed by atoms with Crippen LogP contribution < -0.4 is 0 Å². The SMILES string of the molecule is CSCC1=Cc2ccc(F)cc2S1(=O)=O. The smallest absolute Gasteiger partial charge is 0.204 e. The lowest BCUT2D eigenvalue weighted by atomic mass is 10.2. The number of rotatable bonds is 2. The summed E-state index contributed by atoms with van der Waals surface area (Å²) in [5, 5.41) is 0. The Morgan fingerprint density at radius 1 is 1.40 bits per heavy atom. The topological polar surface area (TPSA) is 34.1 Å². The van der Waals surface area contributed by atoms with Crippen molar-refractivity contribution in [3.63, 3.8) is 0 Å². The number of hydrogen-bond acceptors (Lipinski definition) is 3. The van der Waals surface area contributed by atoms with E-state index < -0.39 is 15.7 Å². The van der Waals surface area contributed by atoms with Crippen LogP contribution >= 0.6 is 11.8 Å². The van der Waals surface area contributed by atoms with Gasteiger partial charge in [0.25, 0.3) is 0 Å². The first kappa shape index (κ1) is 10.7. The van der Waals surface area contributed by atoms with Gasteiger partial charge >= 0.3 is 0 Å². The first-order valence-electron chi connectivity index (χ1n) is 4.30. The second kappa shape index (κ2) is 3.64. The molecule has 0 bridgehead atoms. The minimum atomic E-state index is -3.43. The molecule has 1 aliphatic heterocycles. The summed E-state index contributed by atoms with van der Waals surface area (Å²) >= 11 is 1.43. The van der Waals surface area contributed by atoms with Crippen LogP contribution in [-0.2, 0) is 9.84 Å². The number of thioether (sulfide) groups is 1. The molecule has 1 aromatic carbocycles. The molecule has 0 N–H and O–H groups in total. The monoisotopic (exact) mass is 244 g/mol. The Labute approximate surface area is 92.1 Å². The van der Waals surface area contributed by atoms with Crippen LogP contribution in [0.5, 0.6) is 0 Å². The van der Waals surface area contributed by atoms with Crippen molar-refractivity contribution in [2.45, 2.75) is 4.90 Å². The van der Waals surface area contributed by atoms with Crippen molar-refractivity contribution >= 4 is 27.7 Å². The van der Waals surface area contributed by atoms with Crippen LogP contribution in [0.25, 0.3) is 6.08 Å². The minimum absolute atomic E-state index is 0.0894. The first-order chi connectivity index (χ1) is 7.05. The van der Waals surface area contributed by atoms with Gasteiger partial charge in [0.1, 0.15) is 5.82 Å². The van der Waals surface area contributed by atoms with Gasteiger partial charge in [-0.15, -0.1) is 0 Å². The van der Waals surface area contributed by atoms with Crippen LogP contribution in [0.3, 0.4) is 0 Å². The molecule has 0 aliphatic carbocycles. The summed E-state index contributed by atoms with van der Waals surface area (Å²) < 4.78 is 36.7. The normalized spacial score (nSPS) is 17.3. The highest BCUT2D eigenvalue weighted by Gasteiger charge is 2.29. The Balaban J connectivity index is 2.58. The molecule has 15 heavy (non-hydrogen) atoms. The van der Waals surface area contributed by atoms with Gasteiger partial charge < -0.3 is 0 Å². The average Bonchev–Trinajstić information content (AvgIpc) is 2.41. The lowest BCUT2D eigenvalue weighted by Gasteiger charge is -2.01. The lowest BCUT2D eigenvalue weighted by molar-refractivity contribution is 0.597. The van der Waals surface area contributed by atoms with Gasteiger partial charge in [-0.3, -0.25) is 0 Å². The maximum atomic E-state index is 12.9. The molecule has 0 fully saturated rings. The summed E-state index contributed by atoms with van der Waals surface area (Å²) in [7, 11) is -3.43. The summed E-state index contributed by atoms with van der Waals surface area (Å²) in [5.41, 5.74) is 0.584. The second-order valence-electron chi connectivity index (χ2n) is 3.23. The van der Waals surface area contributed by atoms with E-state index in [1.165, 1.54) is 23.9 Å². The van der Waals surface area contributed by atoms with Gasteiger partial charge in [-0.2, -0.15) is 11.8 Å². The van der Waals surface area contributed by atoms with Gasteiger partial charge in [0.15, 0.2) is 0 Å². The van der Waals surface area contributed by atoms with Crippen molar-refractivity contribution in [1.29, 1.82) is 0 Å². The summed E-state index contributed by atoms with van der Waals surface area (Å²) in [6.07, 6.45) is 3.44. The summed E-state index contributed by atoms with van der Waals surface area (Å²) in [5.74, 6) is -0.0883. The van der Waals surface area contributed by atoms with Gasteiger partial charge in [0, 0.05) is 5.75 Å². The number of halogens is 1. The Morgan fingerprint density at radius 2 is 2.13 bits per heavy atom. The van der Waals surface area contributed by atoms with Crippen molar-refractivity contribution in [2.75, 3.05) is 12.0 Å². The number of hydrogen-bond donors (Lipinski definition) is 0. The molecule has 2 rings (SSSR count). The maximum Gasteiger partial charge on any atom is 0.204 e. The second-order valence-corrected chi connectivity index (χ2v) is 6.07. The average molecular weight is 244 g/mol. The van der Waals surface area contributed by atoms with E-state index in [1.54, 1.807) is 6.08 Å². The van der Waals surface area contributed by atoms with Gasteiger partial charge in [0.2, 0.25) is 9.84 Å². The van der Waals surface area contributed by atoms with Crippen LogP contribution in [0.2, 0.25) is 0 Å². The van der Waals surface area contributed by atoms with E-state index in [-0.39, 0.29) is 4.90 Å². The summed E-state index contributed by atoms with van der Waals surface area (Å²) in [4.78, 5) is 0.446. The molecule has 0 radical (unpaired) electrons. The molecule has 0 spiro atoms. The van der Waals surface area contributed by atoms with Crippen LogP contribution in [0.1, 0.15) is 5.56 Å². The number of sulfone groups is 1. The molecule has 1 aromatic rings. The molecule has 80 valence electrons. The third kappa shape index (κ3) is 1.70. The molecule has 0 saturated heterocycles. The predicted octanol–water partition coefficient (Wildman–Crippen LogP) is 2.32. The molecule has 0 aromatic heterocycles. The minimum Gasteiger partial charge on any atom is -0.219 e. The number of fused-ring (bicyclic) bond motifs is 1. The van der Waals surface area contributed by atoms with Gasteiger partial charge in [0.05, 0.1) is 9.80 Å². The summed E-state index contributed by atoms with van der Waals surface area (Å²) in [6.45, 7) is 0. The molecule has 0 atom stereocenters. The van der Waals surface area contributed by atoms with E-state index in [1.807, 2.05) is 6.26 Å². The Kier molecular flexibility index (Phi) is 2.60. The Hall–Kier alpha value is -0.810.